The molecule has 1 aliphatic rings. The van der Waals surface area contributed by atoms with Crippen LogP contribution in [-0.2, 0) is 18.0 Å². The summed E-state index contributed by atoms with van der Waals surface area (Å²) < 4.78 is 1.91. The van der Waals surface area contributed by atoms with Gasteiger partial charge in [0, 0.05) is 6.20 Å². The van der Waals surface area contributed by atoms with Crippen molar-refractivity contribution in [2.45, 2.75) is 58.3 Å². The van der Waals surface area contributed by atoms with Gasteiger partial charge in [0.05, 0.1) is 23.4 Å². The normalized spacial score (nSPS) is 15.0. The second-order valence-corrected chi connectivity index (χ2v) is 7.63. The number of hydrogen-bond donors (Lipinski definition) is 2. The van der Waals surface area contributed by atoms with E-state index in [2.05, 4.69) is 20.1 Å². The number of aliphatic hydroxyl groups is 1. The fraction of sp³-hybridized carbons (Fsp3) is 0.474. The van der Waals surface area contributed by atoms with E-state index < -0.39 is 5.60 Å². The molecule has 3 aromatic heterocycles. The van der Waals surface area contributed by atoms with Crippen LogP contribution in [0.25, 0.3) is 22.1 Å². The van der Waals surface area contributed by atoms with Gasteiger partial charge in [-0.15, -0.1) is 0 Å². The van der Waals surface area contributed by atoms with Crippen LogP contribution in [0.4, 0.5) is 5.82 Å². The minimum Gasteiger partial charge on any atom is -0.389 e. The lowest BCUT2D eigenvalue weighted by molar-refractivity contribution is 0.0579. The highest BCUT2D eigenvalue weighted by Gasteiger charge is 2.23. The number of pyridine rings is 2. The van der Waals surface area contributed by atoms with Gasteiger partial charge in [0.1, 0.15) is 16.6 Å². The zero-order chi connectivity index (χ0) is 19.0. The van der Waals surface area contributed by atoms with E-state index in [1.54, 1.807) is 20.0 Å². The minimum absolute atomic E-state index is 0.196. The lowest BCUT2D eigenvalue weighted by atomic mass is 10.1. The van der Waals surface area contributed by atoms with Crippen molar-refractivity contribution in [2.75, 3.05) is 5.73 Å². The Bertz CT molecular complexity index is 1010. The summed E-state index contributed by atoms with van der Waals surface area (Å²) >= 11 is 0. The number of nitrogens with two attached hydrogens (primary N) is 1. The number of oxime groups is 1. The largest absolute Gasteiger partial charge is 0.389 e. The Balaban J connectivity index is 1.81. The molecule has 3 aromatic rings. The number of nitrogen functional groups attached to an aromatic ring is 1. The third kappa shape index (κ3) is 3.57. The lowest BCUT2D eigenvalue weighted by Gasteiger charge is -2.20. The molecule has 0 saturated heterocycles. The maximum absolute atomic E-state index is 10.4. The smallest absolute Gasteiger partial charge is 0.174 e. The van der Waals surface area contributed by atoms with E-state index in [0.717, 1.165) is 24.1 Å². The van der Waals surface area contributed by atoms with Gasteiger partial charge in [-0.1, -0.05) is 5.16 Å². The molecule has 0 radical (unpaired) electrons. The number of rotatable bonds is 5. The van der Waals surface area contributed by atoms with Crippen LogP contribution in [0, 0.1) is 0 Å². The van der Waals surface area contributed by atoms with Gasteiger partial charge in [0.25, 0.3) is 0 Å². The van der Waals surface area contributed by atoms with Gasteiger partial charge in [-0.3, -0.25) is 4.98 Å². The molecule has 1 aliphatic carbocycles. The number of fused-ring (bicyclic) bond motifs is 3. The fourth-order valence-corrected chi connectivity index (χ4v) is 3.49. The van der Waals surface area contributed by atoms with E-state index in [1.165, 1.54) is 12.8 Å². The van der Waals surface area contributed by atoms with Crippen LogP contribution >= 0.6 is 0 Å². The highest BCUT2D eigenvalue weighted by molar-refractivity contribution is 6.04. The van der Waals surface area contributed by atoms with Crippen LogP contribution in [0.2, 0.25) is 0 Å². The van der Waals surface area contributed by atoms with Crippen LogP contribution in [-0.4, -0.2) is 35.9 Å². The summed E-state index contributed by atoms with van der Waals surface area (Å²) in [7, 11) is 0. The van der Waals surface area contributed by atoms with Crippen LogP contribution in [0.15, 0.2) is 23.5 Å². The summed E-state index contributed by atoms with van der Waals surface area (Å²) in [6, 6.07) is 3.68. The predicted octanol–water partition coefficient (Wildman–Crippen LogP) is 2.78. The van der Waals surface area contributed by atoms with Gasteiger partial charge in [0.15, 0.2) is 18.2 Å². The Morgan fingerprint density at radius 1 is 1.26 bits per heavy atom. The lowest BCUT2D eigenvalue weighted by Crippen LogP contribution is -2.27. The quantitative estimate of drug-likeness (QED) is 0.670. The van der Waals surface area contributed by atoms with Crippen LogP contribution in [0.5, 0.6) is 0 Å². The number of nitrogens with zero attached hydrogens (tertiary/aromatic N) is 5. The van der Waals surface area contributed by atoms with Gasteiger partial charge in [-0.05, 0) is 51.7 Å². The standard InChI is InChI=1S/C19H24N6O2/c1-19(2,26)11-25-14(10-27-24-12-6-3-4-7-12)23-16-17(25)15-13(22-18(16)20)8-5-9-21-15/h5,8-9,26H,3-4,6-7,10-11H2,1-2H3,(H2,20,22). The predicted molar refractivity (Wildman–Crippen MR) is 104 cm³/mol. The molecule has 1 saturated carbocycles. The Morgan fingerprint density at radius 3 is 2.78 bits per heavy atom. The third-order valence-corrected chi connectivity index (χ3v) is 4.65. The highest BCUT2D eigenvalue weighted by Crippen LogP contribution is 2.29. The first-order chi connectivity index (χ1) is 12.9. The number of aromatic nitrogens is 4. The topological polar surface area (TPSA) is 111 Å². The molecule has 3 N–H and O–H groups in total. The molecule has 0 aromatic carbocycles. The van der Waals surface area contributed by atoms with Gasteiger partial charge < -0.3 is 20.2 Å². The molecule has 0 aliphatic heterocycles. The monoisotopic (exact) mass is 368 g/mol. The molecule has 27 heavy (non-hydrogen) atoms. The molecule has 0 atom stereocenters. The van der Waals surface area contributed by atoms with Crippen molar-refractivity contribution in [1.29, 1.82) is 0 Å². The zero-order valence-corrected chi connectivity index (χ0v) is 15.6. The first-order valence-corrected chi connectivity index (χ1v) is 9.22. The average molecular weight is 368 g/mol. The second-order valence-electron chi connectivity index (χ2n) is 7.63. The molecule has 0 amide bonds. The minimum atomic E-state index is -0.946. The molecule has 8 heteroatoms. The van der Waals surface area contributed by atoms with E-state index in [9.17, 15) is 5.11 Å². The molecule has 1 fully saturated rings. The van der Waals surface area contributed by atoms with Crippen LogP contribution < -0.4 is 5.73 Å². The van der Waals surface area contributed by atoms with Crippen molar-refractivity contribution in [2.24, 2.45) is 5.16 Å². The molecule has 3 heterocycles. The van der Waals surface area contributed by atoms with Gasteiger partial charge in [0.2, 0.25) is 0 Å². The van der Waals surface area contributed by atoms with Gasteiger partial charge >= 0.3 is 0 Å². The Labute approximate surface area is 157 Å². The fourth-order valence-electron chi connectivity index (χ4n) is 3.49. The first kappa shape index (κ1) is 17.7. The van der Waals surface area contributed by atoms with Gasteiger partial charge in [-0.2, -0.15) is 0 Å². The molecule has 4 rings (SSSR count). The average Bonchev–Trinajstić information content (AvgIpc) is 3.23. The summed E-state index contributed by atoms with van der Waals surface area (Å²) in [5, 5.41) is 14.7. The van der Waals surface area contributed by atoms with Crippen molar-refractivity contribution in [3.63, 3.8) is 0 Å². The first-order valence-electron chi connectivity index (χ1n) is 9.22. The Morgan fingerprint density at radius 2 is 2.04 bits per heavy atom. The summed E-state index contributed by atoms with van der Waals surface area (Å²) in [5.74, 6) is 0.976. The molecule has 8 nitrogen and oxygen atoms in total. The molecule has 0 unspecified atom stereocenters. The van der Waals surface area contributed by atoms with Crippen LogP contribution in [0.1, 0.15) is 45.4 Å². The van der Waals surface area contributed by atoms with E-state index in [-0.39, 0.29) is 6.61 Å². The van der Waals surface area contributed by atoms with Gasteiger partial charge in [-0.25, -0.2) is 9.97 Å². The number of anilines is 1. The maximum Gasteiger partial charge on any atom is 0.174 e. The molecular weight excluding hydrogens is 344 g/mol. The Kier molecular flexibility index (Phi) is 4.43. The van der Waals surface area contributed by atoms with E-state index in [0.29, 0.717) is 34.7 Å². The third-order valence-electron chi connectivity index (χ3n) is 4.65. The zero-order valence-electron chi connectivity index (χ0n) is 15.6. The SMILES string of the molecule is CC(C)(O)Cn1c(CON=C2CCCC2)nc2c(N)nc3cccnc3c21. The van der Waals surface area contributed by atoms with E-state index in [1.807, 2.05) is 16.7 Å². The summed E-state index contributed by atoms with van der Waals surface area (Å²) in [4.78, 5) is 19.1. The van der Waals surface area contributed by atoms with Crippen molar-refractivity contribution < 1.29 is 9.94 Å². The molecule has 0 bridgehead atoms. The van der Waals surface area contributed by atoms with Crippen molar-refractivity contribution >= 4 is 33.6 Å². The molecule has 142 valence electrons. The summed E-state index contributed by atoms with van der Waals surface area (Å²) in [6.07, 6.45) is 6.03. The van der Waals surface area contributed by atoms with Crippen molar-refractivity contribution in [1.82, 2.24) is 19.5 Å². The summed E-state index contributed by atoms with van der Waals surface area (Å²) in [6.45, 7) is 4.03. The van der Waals surface area contributed by atoms with E-state index >= 15 is 0 Å². The van der Waals surface area contributed by atoms with Crippen molar-refractivity contribution in [3.8, 4) is 0 Å². The maximum atomic E-state index is 10.4. The second kappa shape index (κ2) is 6.77. The summed E-state index contributed by atoms with van der Waals surface area (Å²) in [5.41, 5.74) is 9.01. The highest BCUT2D eigenvalue weighted by atomic mass is 16.6. The molecular formula is C19H24N6O2. The van der Waals surface area contributed by atoms with E-state index in [4.69, 9.17) is 10.6 Å². The van der Waals surface area contributed by atoms with Crippen molar-refractivity contribution in [3.05, 3.63) is 24.2 Å². The molecule has 0 spiro atoms. The number of hydrogen-bond acceptors (Lipinski definition) is 7. The van der Waals surface area contributed by atoms with Crippen LogP contribution in [0.3, 0.4) is 0 Å². The number of imidazole rings is 1. The Hall–Kier alpha value is -2.74.